The molecule has 1 aromatic carbocycles. The quantitative estimate of drug-likeness (QED) is 0.508. The van der Waals surface area contributed by atoms with E-state index in [2.05, 4.69) is 56.6 Å². The second-order valence-electron chi connectivity index (χ2n) is 11.7. The molecule has 3 aliphatic rings. The largest absolute Gasteiger partial charge is 0.496 e. The molecule has 3 heterocycles. The van der Waals surface area contributed by atoms with E-state index < -0.39 is 29.6 Å². The molecule has 1 amide bonds. The maximum absolute atomic E-state index is 12.6. The number of aliphatic hydroxyl groups is 1. The third kappa shape index (κ3) is 5.74. The molecule has 0 saturated carbocycles. The van der Waals surface area contributed by atoms with Crippen LogP contribution in [-0.2, 0) is 20.6 Å². The van der Waals surface area contributed by atoms with E-state index in [1.54, 1.807) is 13.2 Å². The second kappa shape index (κ2) is 11.0. The monoisotopic (exact) mass is 540 g/mol. The summed E-state index contributed by atoms with van der Waals surface area (Å²) < 4.78 is 23.3. The van der Waals surface area contributed by atoms with Crippen molar-refractivity contribution < 1.29 is 28.8 Å². The topological polar surface area (TPSA) is 92.8 Å². The zero-order valence-electron chi connectivity index (χ0n) is 24.5. The Morgan fingerprint density at radius 1 is 1.23 bits per heavy atom. The van der Waals surface area contributed by atoms with E-state index in [9.17, 15) is 9.90 Å². The van der Waals surface area contributed by atoms with Gasteiger partial charge in [-0.05, 0) is 57.2 Å². The number of hydrogen-bond acceptors (Lipinski definition) is 7. The summed E-state index contributed by atoms with van der Waals surface area (Å²) in [6.45, 7) is 14.8. The van der Waals surface area contributed by atoms with Gasteiger partial charge in [-0.15, -0.1) is 0 Å². The fraction of sp³-hybridized carbons (Fsp3) is 0.581. The average Bonchev–Trinajstić information content (AvgIpc) is 3.58. The molecule has 7 atom stereocenters. The van der Waals surface area contributed by atoms with Gasteiger partial charge in [0.2, 0.25) is 0 Å². The number of carbonyl (C=O) groups excluding carboxylic acids is 1. The second-order valence-corrected chi connectivity index (χ2v) is 11.7. The van der Waals surface area contributed by atoms with Crippen LogP contribution in [0, 0.1) is 18.8 Å². The van der Waals surface area contributed by atoms with Crippen LogP contribution >= 0.6 is 0 Å². The highest BCUT2D eigenvalue weighted by atomic mass is 16.6. The van der Waals surface area contributed by atoms with E-state index in [4.69, 9.17) is 18.9 Å². The number of hydrogen-bond donors (Lipinski definition) is 2. The SMILES string of the molecule is C=C1CC(C)C2(C)OC2C(C)C2CC(O)(NC(=O)O2)C(OC)C=CC=C(C)Cc2cc(OC)c(C)c(c2)N1C. The normalized spacial score (nSPS) is 35.5. The number of ether oxygens (including phenoxy) is 4. The highest BCUT2D eigenvalue weighted by Crippen LogP contribution is 2.51. The zero-order chi connectivity index (χ0) is 28.7. The van der Waals surface area contributed by atoms with Gasteiger partial charge in [-0.2, -0.15) is 0 Å². The Morgan fingerprint density at radius 2 is 1.95 bits per heavy atom. The van der Waals surface area contributed by atoms with E-state index >= 15 is 0 Å². The Morgan fingerprint density at radius 3 is 2.62 bits per heavy atom. The lowest BCUT2D eigenvalue weighted by molar-refractivity contribution is -0.142. The van der Waals surface area contributed by atoms with Crippen molar-refractivity contribution in [3.63, 3.8) is 0 Å². The molecule has 2 fully saturated rings. The van der Waals surface area contributed by atoms with Crippen LogP contribution in [-0.4, -0.2) is 62.1 Å². The van der Waals surface area contributed by atoms with E-state index in [0.717, 1.165) is 40.3 Å². The summed E-state index contributed by atoms with van der Waals surface area (Å²) >= 11 is 0. The predicted molar refractivity (Wildman–Crippen MR) is 152 cm³/mol. The molecule has 0 radical (unpaired) electrons. The van der Waals surface area contributed by atoms with E-state index in [-0.39, 0.29) is 24.4 Å². The Hall–Kier alpha value is -2.81. The van der Waals surface area contributed by atoms with Crippen LogP contribution in [0.2, 0.25) is 0 Å². The molecule has 39 heavy (non-hydrogen) atoms. The van der Waals surface area contributed by atoms with Gasteiger partial charge in [0, 0.05) is 43.4 Å². The van der Waals surface area contributed by atoms with Gasteiger partial charge < -0.3 is 29.0 Å². The number of alkyl carbamates (subject to hydrolysis) is 1. The van der Waals surface area contributed by atoms with Crippen LogP contribution in [0.3, 0.4) is 0 Å². The first kappa shape index (κ1) is 29.2. The third-order valence-electron chi connectivity index (χ3n) is 8.88. The molecular formula is C31H44N2O6. The number of methoxy groups -OCH3 is 2. The standard InChI is InChI=1S/C31H44N2O6/c1-18-11-10-12-27(37-9)31(35)17-26(38-29(34)32-31)22(5)28-30(6,39-28)19(2)14-20(3)33(7)24-15-23(13-18)16-25(36-8)21(24)4/h10-12,15-16,19,22,26-28,35H,3,13-14,17H2,1-2,4-9H3,(H,32,34). The molecule has 214 valence electrons. The van der Waals surface area contributed by atoms with Crippen LogP contribution in [0.25, 0.3) is 0 Å². The summed E-state index contributed by atoms with van der Waals surface area (Å²) in [6.07, 6.45) is 5.15. The van der Waals surface area contributed by atoms with Crippen molar-refractivity contribution in [3.05, 3.63) is 59.3 Å². The van der Waals surface area contributed by atoms with E-state index in [1.165, 1.54) is 7.11 Å². The number of nitrogens with zero attached hydrogens (tertiary/aromatic N) is 1. The first-order valence-corrected chi connectivity index (χ1v) is 13.7. The lowest BCUT2D eigenvalue weighted by atomic mass is 9.80. The van der Waals surface area contributed by atoms with Gasteiger partial charge in [0.25, 0.3) is 0 Å². The molecule has 8 heteroatoms. The van der Waals surface area contributed by atoms with Crippen molar-refractivity contribution in [2.24, 2.45) is 11.8 Å². The Kier molecular flexibility index (Phi) is 8.22. The number of fused-ring (bicyclic) bond motifs is 5. The number of nitrogens with one attached hydrogen (secondary N) is 1. The summed E-state index contributed by atoms with van der Waals surface area (Å²) in [5.41, 5.74) is 3.31. The zero-order valence-corrected chi connectivity index (χ0v) is 24.5. The van der Waals surface area contributed by atoms with Gasteiger partial charge >= 0.3 is 6.09 Å². The Bertz CT molecular complexity index is 1180. The summed E-state index contributed by atoms with van der Waals surface area (Å²) in [5, 5.41) is 14.1. The maximum atomic E-state index is 12.6. The van der Waals surface area contributed by atoms with Gasteiger partial charge in [-0.1, -0.05) is 44.2 Å². The first-order valence-electron chi connectivity index (χ1n) is 13.7. The Labute approximate surface area is 232 Å². The molecule has 7 unspecified atom stereocenters. The number of benzene rings is 1. The minimum Gasteiger partial charge on any atom is -0.496 e. The summed E-state index contributed by atoms with van der Waals surface area (Å²) in [5.74, 6) is 0.860. The van der Waals surface area contributed by atoms with E-state index in [1.807, 2.05) is 26.1 Å². The number of rotatable bonds is 2. The minimum atomic E-state index is -1.61. The number of amides is 1. The molecule has 8 nitrogen and oxygen atoms in total. The van der Waals surface area contributed by atoms with Gasteiger partial charge in [0.15, 0.2) is 5.72 Å². The number of epoxide rings is 1. The molecule has 1 aromatic rings. The maximum Gasteiger partial charge on any atom is 0.409 e. The van der Waals surface area contributed by atoms with Gasteiger partial charge in [0.1, 0.15) is 18.0 Å². The van der Waals surface area contributed by atoms with Crippen molar-refractivity contribution in [1.82, 2.24) is 5.32 Å². The molecule has 0 aromatic heterocycles. The number of anilines is 1. The minimum absolute atomic E-state index is 0.125. The number of carbonyl (C=O) groups is 1. The molecule has 0 aliphatic carbocycles. The van der Waals surface area contributed by atoms with Crippen molar-refractivity contribution in [2.45, 2.75) is 83.5 Å². The molecule has 2 saturated heterocycles. The molecule has 3 aliphatic heterocycles. The summed E-state index contributed by atoms with van der Waals surface area (Å²) in [6, 6.07) is 4.27. The van der Waals surface area contributed by atoms with Crippen LogP contribution in [0.1, 0.15) is 51.7 Å². The molecular weight excluding hydrogens is 496 g/mol. The molecule has 2 N–H and O–H groups in total. The third-order valence-corrected chi connectivity index (χ3v) is 8.88. The van der Waals surface area contributed by atoms with Crippen LogP contribution in [0.4, 0.5) is 10.5 Å². The van der Waals surface area contributed by atoms with E-state index in [0.29, 0.717) is 6.42 Å². The van der Waals surface area contributed by atoms with Gasteiger partial charge in [-0.3, -0.25) is 5.32 Å². The summed E-state index contributed by atoms with van der Waals surface area (Å²) in [4.78, 5) is 14.7. The fourth-order valence-electron chi connectivity index (χ4n) is 6.07. The van der Waals surface area contributed by atoms with Crippen molar-refractivity contribution in [3.8, 4) is 5.75 Å². The average molecular weight is 541 g/mol. The summed E-state index contributed by atoms with van der Waals surface area (Å²) in [7, 11) is 5.26. The lowest BCUT2D eigenvalue weighted by Crippen LogP contribution is -2.63. The first-order chi connectivity index (χ1) is 18.3. The predicted octanol–water partition coefficient (Wildman–Crippen LogP) is 5.03. The van der Waals surface area contributed by atoms with Crippen LogP contribution in [0.15, 0.2) is 48.2 Å². The van der Waals surface area contributed by atoms with Crippen molar-refractivity contribution in [1.29, 1.82) is 0 Å². The van der Waals surface area contributed by atoms with Crippen LogP contribution in [0.5, 0.6) is 5.75 Å². The van der Waals surface area contributed by atoms with Crippen molar-refractivity contribution in [2.75, 3.05) is 26.2 Å². The molecule has 4 bridgehead atoms. The van der Waals surface area contributed by atoms with Gasteiger partial charge in [0.05, 0.1) is 18.8 Å². The van der Waals surface area contributed by atoms with Crippen LogP contribution < -0.4 is 15.0 Å². The highest BCUT2D eigenvalue weighted by molar-refractivity contribution is 5.69. The Balaban J connectivity index is 1.74. The lowest BCUT2D eigenvalue weighted by Gasteiger charge is -2.42. The van der Waals surface area contributed by atoms with Crippen molar-refractivity contribution >= 4 is 11.8 Å². The highest BCUT2D eigenvalue weighted by Gasteiger charge is 2.61. The smallest absolute Gasteiger partial charge is 0.409 e. The van der Waals surface area contributed by atoms with Gasteiger partial charge in [-0.25, -0.2) is 4.79 Å². The molecule has 4 rings (SSSR count). The molecule has 0 spiro atoms. The number of allylic oxidation sites excluding steroid dienone is 4. The fourth-order valence-corrected chi connectivity index (χ4v) is 6.07.